The smallest absolute Gasteiger partial charge is 0.0705 e. The van der Waals surface area contributed by atoms with Crippen molar-refractivity contribution in [2.75, 3.05) is 13.1 Å². The van der Waals surface area contributed by atoms with Crippen LogP contribution in [0.3, 0.4) is 0 Å². The Morgan fingerprint density at radius 3 is 2.38 bits per heavy atom. The Morgan fingerprint density at radius 2 is 1.77 bits per heavy atom. The van der Waals surface area contributed by atoms with E-state index in [9.17, 15) is 0 Å². The highest BCUT2D eigenvalue weighted by atomic mass is 16.5. The third kappa shape index (κ3) is 2.05. The zero-order chi connectivity index (χ0) is 9.26. The first-order valence-corrected chi connectivity index (χ1v) is 5.67. The van der Waals surface area contributed by atoms with Crippen LogP contribution in [-0.4, -0.2) is 36.2 Å². The lowest BCUT2D eigenvalue weighted by atomic mass is 9.99. The third-order valence-corrected chi connectivity index (χ3v) is 3.47. The summed E-state index contributed by atoms with van der Waals surface area (Å²) in [5.74, 6) is 0. The lowest BCUT2D eigenvalue weighted by Gasteiger charge is -2.38. The number of likely N-dealkylation sites (tertiary alicyclic amines) is 1. The summed E-state index contributed by atoms with van der Waals surface area (Å²) >= 11 is 0. The van der Waals surface area contributed by atoms with E-state index in [1.165, 1.54) is 38.8 Å². The molecule has 0 spiro atoms. The van der Waals surface area contributed by atoms with Gasteiger partial charge in [-0.1, -0.05) is 0 Å². The molecular weight excluding hydrogens is 162 g/mol. The fraction of sp³-hybridized carbons (Fsp3) is 1.00. The average molecular weight is 183 g/mol. The van der Waals surface area contributed by atoms with Gasteiger partial charge in [0.15, 0.2) is 0 Å². The number of rotatable bonds is 1. The summed E-state index contributed by atoms with van der Waals surface area (Å²) in [6.45, 7) is 7.02. The Labute approximate surface area is 81.3 Å². The first-order valence-electron chi connectivity index (χ1n) is 5.67. The quantitative estimate of drug-likeness (QED) is 0.617. The zero-order valence-electron chi connectivity index (χ0n) is 8.83. The molecule has 0 bridgehead atoms. The molecule has 2 heteroatoms. The van der Waals surface area contributed by atoms with E-state index in [1.54, 1.807) is 0 Å². The van der Waals surface area contributed by atoms with E-state index in [1.807, 2.05) is 0 Å². The van der Waals surface area contributed by atoms with Crippen LogP contribution >= 0.6 is 0 Å². The molecule has 2 heterocycles. The van der Waals surface area contributed by atoms with Gasteiger partial charge < -0.3 is 4.74 Å². The maximum absolute atomic E-state index is 5.87. The zero-order valence-corrected chi connectivity index (χ0v) is 8.83. The summed E-state index contributed by atoms with van der Waals surface area (Å²) in [6, 6.07) is 0.707. The second-order valence-corrected chi connectivity index (χ2v) is 4.54. The van der Waals surface area contributed by atoms with Gasteiger partial charge in [0.25, 0.3) is 0 Å². The van der Waals surface area contributed by atoms with Gasteiger partial charge >= 0.3 is 0 Å². The standard InChI is InChI=1S/C11H21NO/c1-9-5-6-11(10(2)13-9)12-7-3-4-8-12/h9-11H,3-8H2,1-2H3/t9-,10+,11-/m0/s1. The molecule has 0 saturated carbocycles. The number of hydrogen-bond acceptors (Lipinski definition) is 2. The first kappa shape index (κ1) is 9.47. The van der Waals surface area contributed by atoms with Crippen LogP contribution in [0.5, 0.6) is 0 Å². The van der Waals surface area contributed by atoms with Gasteiger partial charge in [0.05, 0.1) is 12.2 Å². The monoisotopic (exact) mass is 183 g/mol. The molecule has 2 saturated heterocycles. The SMILES string of the molecule is C[C@H]1CC[C@H](N2CCCC2)[C@@H](C)O1. The summed E-state index contributed by atoms with van der Waals surface area (Å²) in [4.78, 5) is 2.62. The molecule has 0 aliphatic carbocycles. The molecule has 76 valence electrons. The van der Waals surface area contributed by atoms with Gasteiger partial charge in [0.2, 0.25) is 0 Å². The molecule has 2 fully saturated rings. The van der Waals surface area contributed by atoms with Gasteiger partial charge in [-0.2, -0.15) is 0 Å². The molecule has 0 unspecified atom stereocenters. The van der Waals surface area contributed by atoms with Crippen LogP contribution in [0.2, 0.25) is 0 Å². The van der Waals surface area contributed by atoms with Crippen molar-refractivity contribution in [3.63, 3.8) is 0 Å². The van der Waals surface area contributed by atoms with E-state index in [2.05, 4.69) is 18.7 Å². The van der Waals surface area contributed by atoms with E-state index in [0.29, 0.717) is 18.2 Å². The Hall–Kier alpha value is -0.0800. The van der Waals surface area contributed by atoms with Gasteiger partial charge in [0, 0.05) is 6.04 Å². The van der Waals surface area contributed by atoms with Crippen molar-refractivity contribution in [2.24, 2.45) is 0 Å². The second-order valence-electron chi connectivity index (χ2n) is 4.54. The van der Waals surface area contributed by atoms with Crippen molar-refractivity contribution in [1.82, 2.24) is 4.90 Å². The molecule has 3 atom stereocenters. The van der Waals surface area contributed by atoms with Gasteiger partial charge in [0.1, 0.15) is 0 Å². The van der Waals surface area contributed by atoms with E-state index in [-0.39, 0.29) is 0 Å². The fourth-order valence-corrected chi connectivity index (χ4v) is 2.72. The normalized spacial score (nSPS) is 42.5. The number of ether oxygens (including phenoxy) is 1. The van der Waals surface area contributed by atoms with Crippen molar-refractivity contribution < 1.29 is 4.74 Å². The first-order chi connectivity index (χ1) is 6.27. The predicted octanol–water partition coefficient (Wildman–Crippen LogP) is 2.04. The van der Waals surface area contributed by atoms with Crippen molar-refractivity contribution in [2.45, 2.75) is 57.8 Å². The van der Waals surface area contributed by atoms with Gasteiger partial charge in [-0.3, -0.25) is 4.90 Å². The molecular formula is C11H21NO. The van der Waals surface area contributed by atoms with Crippen LogP contribution in [0.4, 0.5) is 0 Å². The number of nitrogens with zero attached hydrogens (tertiary/aromatic N) is 1. The van der Waals surface area contributed by atoms with Crippen LogP contribution < -0.4 is 0 Å². The van der Waals surface area contributed by atoms with Crippen molar-refractivity contribution in [3.8, 4) is 0 Å². The van der Waals surface area contributed by atoms with Gasteiger partial charge in [-0.15, -0.1) is 0 Å². The molecule has 2 aliphatic heterocycles. The highest BCUT2D eigenvalue weighted by molar-refractivity contribution is 4.84. The fourth-order valence-electron chi connectivity index (χ4n) is 2.72. The van der Waals surface area contributed by atoms with Crippen molar-refractivity contribution in [1.29, 1.82) is 0 Å². The van der Waals surface area contributed by atoms with Crippen LogP contribution in [0.15, 0.2) is 0 Å². The molecule has 0 aromatic carbocycles. The maximum atomic E-state index is 5.87. The Bertz CT molecular complexity index is 165. The molecule has 0 aromatic heterocycles. The molecule has 0 aromatic rings. The highest BCUT2D eigenvalue weighted by Gasteiger charge is 2.31. The summed E-state index contributed by atoms with van der Waals surface area (Å²) < 4.78 is 5.87. The molecule has 2 nitrogen and oxygen atoms in total. The van der Waals surface area contributed by atoms with Crippen LogP contribution in [0.1, 0.15) is 39.5 Å². The van der Waals surface area contributed by atoms with E-state index >= 15 is 0 Å². The molecule has 0 amide bonds. The minimum absolute atomic E-state index is 0.446. The third-order valence-electron chi connectivity index (χ3n) is 3.47. The summed E-state index contributed by atoms with van der Waals surface area (Å²) in [7, 11) is 0. The lowest BCUT2D eigenvalue weighted by Crippen LogP contribution is -2.46. The van der Waals surface area contributed by atoms with E-state index in [4.69, 9.17) is 4.74 Å². The molecule has 0 radical (unpaired) electrons. The van der Waals surface area contributed by atoms with Crippen LogP contribution in [-0.2, 0) is 4.74 Å². The van der Waals surface area contributed by atoms with Crippen molar-refractivity contribution >= 4 is 0 Å². The summed E-state index contributed by atoms with van der Waals surface area (Å²) in [5, 5.41) is 0. The van der Waals surface area contributed by atoms with E-state index in [0.717, 1.165) is 0 Å². The number of hydrogen-bond donors (Lipinski definition) is 0. The van der Waals surface area contributed by atoms with Crippen LogP contribution in [0, 0.1) is 0 Å². The maximum Gasteiger partial charge on any atom is 0.0705 e. The van der Waals surface area contributed by atoms with Crippen LogP contribution in [0.25, 0.3) is 0 Å². The average Bonchev–Trinajstić information content (AvgIpc) is 2.56. The van der Waals surface area contributed by atoms with Crippen molar-refractivity contribution in [3.05, 3.63) is 0 Å². The van der Waals surface area contributed by atoms with Gasteiger partial charge in [-0.25, -0.2) is 0 Å². The second kappa shape index (κ2) is 3.97. The van der Waals surface area contributed by atoms with E-state index < -0.39 is 0 Å². The minimum atomic E-state index is 0.446. The lowest BCUT2D eigenvalue weighted by molar-refractivity contribution is -0.0774. The molecule has 2 aliphatic rings. The molecule has 2 rings (SSSR count). The summed E-state index contributed by atoms with van der Waals surface area (Å²) in [5.41, 5.74) is 0. The Balaban J connectivity index is 1.91. The molecule has 13 heavy (non-hydrogen) atoms. The molecule has 0 N–H and O–H groups in total. The van der Waals surface area contributed by atoms with Gasteiger partial charge in [-0.05, 0) is 52.6 Å². The minimum Gasteiger partial charge on any atom is -0.374 e. The largest absolute Gasteiger partial charge is 0.374 e. The Kier molecular flexibility index (Phi) is 2.89. The summed E-state index contributed by atoms with van der Waals surface area (Å²) in [6.07, 6.45) is 6.28. The Morgan fingerprint density at radius 1 is 1.08 bits per heavy atom. The predicted molar refractivity (Wildman–Crippen MR) is 53.8 cm³/mol. The highest BCUT2D eigenvalue weighted by Crippen LogP contribution is 2.26. The topological polar surface area (TPSA) is 12.5 Å².